The number of aryl methyl sites for hydroxylation is 1. The molecule has 5 heteroatoms. The molecule has 1 aromatic heterocycles. The highest BCUT2D eigenvalue weighted by molar-refractivity contribution is 6.43. The second kappa shape index (κ2) is 6.52. The van der Waals surface area contributed by atoms with Crippen LogP contribution in [0, 0.1) is 18.3 Å². The van der Waals surface area contributed by atoms with Crippen molar-refractivity contribution in [1.29, 1.82) is 5.26 Å². The number of nitrogens with zero attached hydrogens (tertiary/aromatic N) is 2. The zero-order chi connectivity index (χ0) is 17.3. The number of hydrogen-bond donors (Lipinski definition) is 1. The van der Waals surface area contributed by atoms with Crippen molar-refractivity contribution in [1.82, 2.24) is 4.98 Å². The molecule has 0 aliphatic rings. The number of hydrogen-bond acceptors (Lipinski definition) is 3. The lowest BCUT2D eigenvalue weighted by molar-refractivity contribution is 0.475. The molecule has 3 aromatic rings. The third-order valence-electron chi connectivity index (χ3n) is 3.72. The van der Waals surface area contributed by atoms with Crippen molar-refractivity contribution < 1.29 is 5.11 Å². The summed E-state index contributed by atoms with van der Waals surface area (Å²) in [6, 6.07) is 16.1. The van der Waals surface area contributed by atoms with E-state index >= 15 is 0 Å². The molecule has 0 saturated carbocycles. The molecular formula is C19H12Cl2N2O. The molecule has 0 spiro atoms. The number of pyridine rings is 1. The van der Waals surface area contributed by atoms with Crippen molar-refractivity contribution in [3.05, 3.63) is 69.8 Å². The molecule has 0 atom stereocenters. The van der Waals surface area contributed by atoms with Crippen LogP contribution in [0.15, 0.2) is 48.5 Å². The number of aromatic nitrogens is 1. The Morgan fingerprint density at radius 1 is 1.04 bits per heavy atom. The summed E-state index contributed by atoms with van der Waals surface area (Å²) in [6.07, 6.45) is 0. The molecular weight excluding hydrogens is 343 g/mol. The first-order valence-electron chi connectivity index (χ1n) is 7.17. The van der Waals surface area contributed by atoms with Gasteiger partial charge >= 0.3 is 0 Å². The number of phenols is 1. The van der Waals surface area contributed by atoms with Crippen LogP contribution < -0.4 is 0 Å². The predicted octanol–water partition coefficient (Wildman–Crippen LogP) is 5.61. The third kappa shape index (κ3) is 2.94. The monoisotopic (exact) mass is 354 g/mol. The Hall–Kier alpha value is -2.54. The number of nitriles is 1. The molecule has 0 fully saturated rings. The van der Waals surface area contributed by atoms with Gasteiger partial charge in [0.1, 0.15) is 11.8 Å². The van der Waals surface area contributed by atoms with Crippen LogP contribution >= 0.6 is 23.2 Å². The Balaban J connectivity index is 2.27. The summed E-state index contributed by atoms with van der Waals surface area (Å²) in [5.74, 6) is 0.183. The van der Waals surface area contributed by atoms with Crippen LogP contribution in [0.25, 0.3) is 22.4 Å². The van der Waals surface area contributed by atoms with Crippen molar-refractivity contribution in [3.63, 3.8) is 0 Å². The summed E-state index contributed by atoms with van der Waals surface area (Å²) >= 11 is 12.4. The summed E-state index contributed by atoms with van der Waals surface area (Å²) in [4.78, 5) is 4.50. The van der Waals surface area contributed by atoms with Gasteiger partial charge in [0.15, 0.2) is 0 Å². The van der Waals surface area contributed by atoms with E-state index in [2.05, 4.69) is 11.1 Å². The van der Waals surface area contributed by atoms with E-state index in [-0.39, 0.29) is 5.75 Å². The van der Waals surface area contributed by atoms with Gasteiger partial charge in [0, 0.05) is 16.7 Å². The van der Waals surface area contributed by atoms with Crippen LogP contribution in [0.3, 0.4) is 0 Å². The molecule has 118 valence electrons. The second-order valence-corrected chi connectivity index (χ2v) is 6.06. The lowest BCUT2D eigenvalue weighted by Gasteiger charge is -2.12. The van der Waals surface area contributed by atoms with Crippen LogP contribution in [-0.4, -0.2) is 10.1 Å². The Bertz CT molecular complexity index is 960. The Labute approximate surface area is 149 Å². The van der Waals surface area contributed by atoms with Gasteiger partial charge in [0.05, 0.1) is 27.0 Å². The smallest absolute Gasteiger partial charge is 0.115 e. The minimum Gasteiger partial charge on any atom is -0.508 e. The van der Waals surface area contributed by atoms with E-state index in [4.69, 9.17) is 23.2 Å². The average Bonchev–Trinajstić information content (AvgIpc) is 2.57. The molecule has 2 aromatic carbocycles. The van der Waals surface area contributed by atoms with Gasteiger partial charge < -0.3 is 5.11 Å². The molecule has 1 N–H and O–H groups in total. The zero-order valence-electron chi connectivity index (χ0n) is 12.7. The van der Waals surface area contributed by atoms with Gasteiger partial charge in [0.25, 0.3) is 0 Å². The van der Waals surface area contributed by atoms with E-state index in [9.17, 15) is 10.4 Å². The largest absolute Gasteiger partial charge is 0.508 e. The number of phenolic OH excluding ortho intramolecular Hbond substituents is 1. The van der Waals surface area contributed by atoms with Gasteiger partial charge in [-0.15, -0.1) is 0 Å². The maximum atomic E-state index is 9.52. The van der Waals surface area contributed by atoms with E-state index < -0.39 is 0 Å². The summed E-state index contributed by atoms with van der Waals surface area (Å²) in [5.41, 5.74) is 3.96. The Kier molecular flexibility index (Phi) is 4.44. The summed E-state index contributed by atoms with van der Waals surface area (Å²) in [5, 5.41) is 19.8. The van der Waals surface area contributed by atoms with Gasteiger partial charge in [-0.05, 0) is 43.3 Å². The summed E-state index contributed by atoms with van der Waals surface area (Å²) in [7, 11) is 0. The first-order chi connectivity index (χ1) is 11.5. The van der Waals surface area contributed by atoms with E-state index in [0.29, 0.717) is 38.1 Å². The molecule has 24 heavy (non-hydrogen) atoms. The van der Waals surface area contributed by atoms with E-state index in [1.807, 2.05) is 12.1 Å². The third-order valence-corrected chi connectivity index (χ3v) is 4.54. The van der Waals surface area contributed by atoms with Crippen LogP contribution in [0.2, 0.25) is 10.0 Å². The minimum absolute atomic E-state index is 0.183. The average molecular weight is 355 g/mol. The molecule has 0 saturated heterocycles. The fourth-order valence-corrected chi connectivity index (χ4v) is 2.92. The highest BCUT2D eigenvalue weighted by Crippen LogP contribution is 2.37. The van der Waals surface area contributed by atoms with Crippen LogP contribution in [0.5, 0.6) is 5.75 Å². The first-order valence-corrected chi connectivity index (χ1v) is 7.92. The number of rotatable bonds is 2. The molecule has 0 radical (unpaired) electrons. The van der Waals surface area contributed by atoms with Gasteiger partial charge in [-0.3, -0.25) is 4.98 Å². The van der Waals surface area contributed by atoms with Crippen molar-refractivity contribution in [2.75, 3.05) is 0 Å². The van der Waals surface area contributed by atoms with E-state index in [1.165, 1.54) is 0 Å². The Morgan fingerprint density at radius 2 is 1.75 bits per heavy atom. The lowest BCUT2D eigenvalue weighted by atomic mass is 9.97. The van der Waals surface area contributed by atoms with Gasteiger partial charge in [-0.25, -0.2) is 0 Å². The molecule has 3 nitrogen and oxygen atoms in total. The second-order valence-electron chi connectivity index (χ2n) is 5.28. The van der Waals surface area contributed by atoms with Crippen LogP contribution in [-0.2, 0) is 0 Å². The molecule has 0 bridgehead atoms. The van der Waals surface area contributed by atoms with Crippen molar-refractivity contribution in [2.45, 2.75) is 6.92 Å². The van der Waals surface area contributed by atoms with E-state index in [1.54, 1.807) is 43.3 Å². The topological polar surface area (TPSA) is 56.9 Å². The molecule has 0 unspecified atom stereocenters. The first kappa shape index (κ1) is 16.3. The predicted molar refractivity (Wildman–Crippen MR) is 96.2 cm³/mol. The normalized spacial score (nSPS) is 10.4. The van der Waals surface area contributed by atoms with Crippen molar-refractivity contribution >= 4 is 23.2 Å². The number of benzene rings is 2. The highest BCUT2D eigenvalue weighted by atomic mass is 35.5. The molecule has 0 amide bonds. The van der Waals surface area contributed by atoms with Crippen molar-refractivity contribution in [2.24, 2.45) is 0 Å². The standard InChI is InChI=1S/C19H12Cl2N2O/c1-11-16(10-22)15(14-3-2-4-17(20)19(14)21)9-18(23-11)12-5-7-13(24)8-6-12/h2-9,24H,1H3. The molecule has 1 heterocycles. The van der Waals surface area contributed by atoms with Gasteiger partial charge in [-0.2, -0.15) is 5.26 Å². The van der Waals surface area contributed by atoms with Crippen LogP contribution in [0.1, 0.15) is 11.3 Å². The molecule has 0 aliphatic carbocycles. The number of aromatic hydroxyl groups is 1. The maximum Gasteiger partial charge on any atom is 0.115 e. The highest BCUT2D eigenvalue weighted by Gasteiger charge is 2.16. The number of halogens is 2. The summed E-state index contributed by atoms with van der Waals surface area (Å²) in [6.45, 7) is 1.78. The fourth-order valence-electron chi connectivity index (χ4n) is 2.52. The Morgan fingerprint density at radius 3 is 2.42 bits per heavy atom. The van der Waals surface area contributed by atoms with Crippen LogP contribution in [0.4, 0.5) is 0 Å². The zero-order valence-corrected chi connectivity index (χ0v) is 14.2. The maximum absolute atomic E-state index is 9.52. The van der Waals surface area contributed by atoms with E-state index in [0.717, 1.165) is 5.56 Å². The fraction of sp³-hybridized carbons (Fsp3) is 0.0526. The van der Waals surface area contributed by atoms with Gasteiger partial charge in [-0.1, -0.05) is 35.3 Å². The molecule has 3 rings (SSSR count). The van der Waals surface area contributed by atoms with Gasteiger partial charge in [0.2, 0.25) is 0 Å². The molecule has 0 aliphatic heterocycles. The minimum atomic E-state index is 0.183. The SMILES string of the molecule is Cc1nc(-c2ccc(O)cc2)cc(-c2cccc(Cl)c2Cl)c1C#N. The quantitative estimate of drug-likeness (QED) is 0.650. The van der Waals surface area contributed by atoms with Crippen molar-refractivity contribution in [3.8, 4) is 34.2 Å². The lowest BCUT2D eigenvalue weighted by Crippen LogP contribution is -1.96. The summed E-state index contributed by atoms with van der Waals surface area (Å²) < 4.78 is 0.